The van der Waals surface area contributed by atoms with Gasteiger partial charge in [-0.1, -0.05) is 44.9 Å². The van der Waals surface area contributed by atoms with Crippen molar-refractivity contribution in [1.29, 1.82) is 0 Å². The summed E-state index contributed by atoms with van der Waals surface area (Å²) < 4.78 is 4.00. The van der Waals surface area contributed by atoms with Gasteiger partial charge in [0.1, 0.15) is 4.88 Å². The number of nitrogens with two attached hydrogens (primary N) is 2. The number of primary amides is 1. The maximum absolute atomic E-state index is 14.0. The molecular formula is C25H29N5O3S2. The standard InChI is InChI=1S/C25H29N5O3S2/c1-14(2)15-9-11-17(12-10-15)30(25(33)22-19(26)20(23(27)31)29-35-22)21(18-8-5-13-34-18)24(32)28-16-6-3-4-7-16/h5,8-14,16,21H,3-4,6-7,26H2,1-2H3,(H2,27,31)(H,28,32)/t21-/m1/s1. The van der Waals surface area contributed by atoms with Crippen molar-refractivity contribution >= 4 is 52.0 Å². The largest absolute Gasteiger partial charge is 0.395 e. The number of benzene rings is 1. The quantitative estimate of drug-likeness (QED) is 0.411. The van der Waals surface area contributed by atoms with Gasteiger partial charge in [0, 0.05) is 16.6 Å². The third-order valence-electron chi connectivity index (χ3n) is 6.23. The summed E-state index contributed by atoms with van der Waals surface area (Å²) in [7, 11) is 0. The Bertz CT molecular complexity index is 1200. The van der Waals surface area contributed by atoms with Gasteiger partial charge in [-0.05, 0) is 59.4 Å². The number of carbonyl (C=O) groups excluding carboxylic acids is 3. The van der Waals surface area contributed by atoms with Gasteiger partial charge in [0.25, 0.3) is 11.8 Å². The molecule has 5 N–H and O–H groups in total. The summed E-state index contributed by atoms with van der Waals surface area (Å²) in [5.74, 6) is -1.26. The van der Waals surface area contributed by atoms with Gasteiger partial charge in [-0.3, -0.25) is 19.3 Å². The molecule has 1 aromatic carbocycles. The number of nitrogen functional groups attached to an aromatic ring is 1. The van der Waals surface area contributed by atoms with E-state index in [0.717, 1.165) is 47.7 Å². The fourth-order valence-corrected chi connectivity index (χ4v) is 5.87. The zero-order valence-electron chi connectivity index (χ0n) is 19.7. The first-order valence-corrected chi connectivity index (χ1v) is 13.3. The van der Waals surface area contributed by atoms with Crippen molar-refractivity contribution in [2.75, 3.05) is 10.6 Å². The third kappa shape index (κ3) is 5.23. The van der Waals surface area contributed by atoms with Gasteiger partial charge in [0.2, 0.25) is 5.91 Å². The Morgan fingerprint density at radius 1 is 1.11 bits per heavy atom. The Kier molecular flexibility index (Phi) is 7.51. The van der Waals surface area contributed by atoms with E-state index in [1.165, 1.54) is 16.2 Å². The van der Waals surface area contributed by atoms with Crippen LogP contribution in [0.2, 0.25) is 0 Å². The molecule has 1 aliphatic carbocycles. The smallest absolute Gasteiger partial charge is 0.273 e. The second-order valence-electron chi connectivity index (χ2n) is 8.97. The molecule has 3 amide bonds. The minimum Gasteiger partial charge on any atom is -0.395 e. The molecule has 4 rings (SSSR count). The lowest BCUT2D eigenvalue weighted by Crippen LogP contribution is -2.46. The molecule has 2 heterocycles. The fraction of sp³-hybridized carbons (Fsp3) is 0.360. The number of nitrogens with one attached hydrogen (secondary N) is 1. The molecule has 0 unspecified atom stereocenters. The van der Waals surface area contributed by atoms with E-state index in [1.54, 1.807) is 0 Å². The Labute approximate surface area is 212 Å². The summed E-state index contributed by atoms with van der Waals surface area (Å²) in [6, 6.07) is 10.4. The summed E-state index contributed by atoms with van der Waals surface area (Å²) >= 11 is 2.21. The van der Waals surface area contributed by atoms with Crippen molar-refractivity contribution < 1.29 is 14.4 Å². The van der Waals surface area contributed by atoms with Gasteiger partial charge in [-0.2, -0.15) is 4.37 Å². The first-order chi connectivity index (χ1) is 16.8. The van der Waals surface area contributed by atoms with Crippen LogP contribution in [-0.4, -0.2) is 28.1 Å². The molecule has 0 radical (unpaired) electrons. The van der Waals surface area contributed by atoms with Crippen molar-refractivity contribution in [3.05, 3.63) is 62.8 Å². The average molecular weight is 512 g/mol. The van der Waals surface area contributed by atoms with E-state index in [4.69, 9.17) is 11.5 Å². The number of nitrogens with zero attached hydrogens (tertiary/aromatic N) is 2. The van der Waals surface area contributed by atoms with Crippen molar-refractivity contribution in [1.82, 2.24) is 9.69 Å². The lowest BCUT2D eigenvalue weighted by Gasteiger charge is -2.31. The number of anilines is 2. The maximum atomic E-state index is 14.0. The summed E-state index contributed by atoms with van der Waals surface area (Å²) in [5, 5.41) is 5.02. The van der Waals surface area contributed by atoms with Crippen LogP contribution in [-0.2, 0) is 4.79 Å². The van der Waals surface area contributed by atoms with E-state index in [9.17, 15) is 14.4 Å². The minimum absolute atomic E-state index is 0.0713. The molecule has 0 aliphatic heterocycles. The summed E-state index contributed by atoms with van der Waals surface area (Å²) in [6.07, 6.45) is 3.98. The topological polar surface area (TPSA) is 131 Å². The zero-order chi connectivity index (χ0) is 25.1. The number of aromatic nitrogens is 1. The SMILES string of the molecule is CC(C)c1ccc(N(C(=O)c2snc(C(N)=O)c2N)[C@@H](C(=O)NC2CCCC2)c2cccs2)cc1. The molecule has 0 spiro atoms. The lowest BCUT2D eigenvalue weighted by atomic mass is 10.0. The molecule has 1 atom stereocenters. The van der Waals surface area contributed by atoms with Crippen LogP contribution in [0.4, 0.5) is 11.4 Å². The molecule has 0 saturated heterocycles. The van der Waals surface area contributed by atoms with Crippen molar-refractivity contribution in [3.8, 4) is 0 Å². The van der Waals surface area contributed by atoms with Gasteiger partial charge in [0.05, 0.1) is 5.69 Å². The lowest BCUT2D eigenvalue weighted by molar-refractivity contribution is -0.123. The summed E-state index contributed by atoms with van der Waals surface area (Å²) in [6.45, 7) is 4.18. The molecule has 0 bridgehead atoms. The molecule has 35 heavy (non-hydrogen) atoms. The van der Waals surface area contributed by atoms with Crippen LogP contribution >= 0.6 is 22.9 Å². The minimum atomic E-state index is -0.911. The maximum Gasteiger partial charge on any atom is 0.273 e. The Morgan fingerprint density at radius 3 is 2.34 bits per heavy atom. The summed E-state index contributed by atoms with van der Waals surface area (Å²) in [4.78, 5) is 41.7. The van der Waals surface area contributed by atoms with E-state index in [2.05, 4.69) is 23.5 Å². The van der Waals surface area contributed by atoms with Crippen LogP contribution < -0.4 is 21.7 Å². The highest BCUT2D eigenvalue weighted by Crippen LogP contribution is 2.35. The van der Waals surface area contributed by atoms with Crippen molar-refractivity contribution in [2.24, 2.45) is 5.73 Å². The predicted octanol–water partition coefficient (Wildman–Crippen LogP) is 4.46. The van der Waals surface area contributed by atoms with Crippen LogP contribution in [0.25, 0.3) is 0 Å². The molecular weight excluding hydrogens is 482 g/mol. The van der Waals surface area contributed by atoms with Gasteiger partial charge in [0.15, 0.2) is 11.7 Å². The number of thiophene rings is 1. The predicted molar refractivity (Wildman–Crippen MR) is 140 cm³/mol. The molecule has 1 saturated carbocycles. The Balaban J connectivity index is 1.81. The zero-order valence-corrected chi connectivity index (χ0v) is 21.3. The second-order valence-corrected chi connectivity index (χ2v) is 10.7. The van der Waals surface area contributed by atoms with E-state index >= 15 is 0 Å². The van der Waals surface area contributed by atoms with E-state index in [0.29, 0.717) is 11.6 Å². The van der Waals surface area contributed by atoms with Gasteiger partial charge < -0.3 is 16.8 Å². The number of amides is 3. The molecule has 1 fully saturated rings. The molecule has 184 valence electrons. The Hall–Kier alpha value is -3.24. The van der Waals surface area contributed by atoms with Crippen LogP contribution in [0, 0.1) is 0 Å². The fourth-order valence-electron chi connectivity index (χ4n) is 4.31. The monoisotopic (exact) mass is 511 g/mol. The molecule has 2 aromatic heterocycles. The van der Waals surface area contributed by atoms with E-state index < -0.39 is 17.9 Å². The normalized spacial score (nSPS) is 14.7. The van der Waals surface area contributed by atoms with Crippen LogP contribution in [0.3, 0.4) is 0 Å². The van der Waals surface area contributed by atoms with Gasteiger partial charge in [-0.15, -0.1) is 11.3 Å². The van der Waals surface area contributed by atoms with Crippen molar-refractivity contribution in [2.45, 2.75) is 57.5 Å². The van der Waals surface area contributed by atoms with Crippen LogP contribution in [0.5, 0.6) is 0 Å². The van der Waals surface area contributed by atoms with Gasteiger partial charge >= 0.3 is 0 Å². The number of hydrogen-bond acceptors (Lipinski definition) is 7. The number of carbonyl (C=O) groups is 3. The van der Waals surface area contributed by atoms with E-state index in [1.807, 2.05) is 41.8 Å². The summed E-state index contributed by atoms with van der Waals surface area (Å²) in [5.41, 5.74) is 12.9. The third-order valence-corrected chi connectivity index (χ3v) is 8.01. The van der Waals surface area contributed by atoms with E-state index in [-0.39, 0.29) is 28.2 Å². The highest BCUT2D eigenvalue weighted by molar-refractivity contribution is 7.10. The second kappa shape index (κ2) is 10.6. The van der Waals surface area contributed by atoms with Gasteiger partial charge in [-0.25, -0.2) is 0 Å². The Morgan fingerprint density at radius 2 is 1.80 bits per heavy atom. The first kappa shape index (κ1) is 24.9. The van der Waals surface area contributed by atoms with Crippen LogP contribution in [0.15, 0.2) is 41.8 Å². The molecule has 8 nitrogen and oxygen atoms in total. The first-order valence-electron chi connectivity index (χ1n) is 11.6. The average Bonchev–Trinajstić information content (AvgIpc) is 3.59. The highest BCUT2D eigenvalue weighted by atomic mass is 32.1. The number of rotatable bonds is 8. The molecule has 1 aliphatic rings. The molecule has 10 heteroatoms. The van der Waals surface area contributed by atoms with Crippen molar-refractivity contribution in [3.63, 3.8) is 0 Å². The molecule has 3 aromatic rings. The van der Waals surface area contributed by atoms with Crippen LogP contribution in [0.1, 0.15) is 82.1 Å². The number of hydrogen-bond donors (Lipinski definition) is 3. The highest BCUT2D eigenvalue weighted by Gasteiger charge is 2.37.